The molecule has 2 aliphatic rings. The van der Waals surface area contributed by atoms with Gasteiger partial charge in [-0.1, -0.05) is 125 Å². The molecule has 0 spiro atoms. The number of hydrogen-bond acceptors (Lipinski definition) is 0. The third kappa shape index (κ3) is 16.9. The summed E-state index contributed by atoms with van der Waals surface area (Å²) in [6.07, 6.45) is 24.1. The molecule has 0 N–H and O–H groups in total. The molecule has 0 heterocycles. The fraction of sp³-hybridized carbons (Fsp3) is 0.862. The molecule has 2 rings (SSSR count). The molecule has 0 saturated heterocycles. The van der Waals surface area contributed by atoms with Gasteiger partial charge in [0.25, 0.3) is 0 Å². The maximum absolute atomic E-state index is 2.44. The number of allylic oxidation sites excluding steroid dienone is 4. The van der Waals surface area contributed by atoms with Gasteiger partial charge in [0.2, 0.25) is 0 Å². The van der Waals surface area contributed by atoms with E-state index in [0.29, 0.717) is 0 Å². The first kappa shape index (κ1) is 30.7. The molecule has 0 aromatic rings. The van der Waals surface area contributed by atoms with Gasteiger partial charge in [0.15, 0.2) is 0 Å². The second-order valence-electron chi connectivity index (χ2n) is 10.3. The van der Waals surface area contributed by atoms with Gasteiger partial charge < -0.3 is 0 Å². The fourth-order valence-electron chi connectivity index (χ4n) is 4.79. The van der Waals surface area contributed by atoms with Crippen LogP contribution in [0.15, 0.2) is 23.8 Å². The molecule has 1 saturated carbocycles. The minimum Gasteiger partial charge on any atom is -0.0843 e. The van der Waals surface area contributed by atoms with Gasteiger partial charge in [0, 0.05) is 0 Å². The van der Waals surface area contributed by atoms with Crippen LogP contribution >= 0.6 is 0 Å². The van der Waals surface area contributed by atoms with Crippen molar-refractivity contribution in [1.82, 2.24) is 0 Å². The Morgan fingerprint density at radius 1 is 0.621 bits per heavy atom. The summed E-state index contributed by atoms with van der Waals surface area (Å²) in [5.74, 6) is 4.59. The van der Waals surface area contributed by atoms with Gasteiger partial charge in [-0.25, -0.2) is 0 Å². The summed E-state index contributed by atoms with van der Waals surface area (Å²) >= 11 is 0. The average molecular weight is 407 g/mol. The number of hydrogen-bond donors (Lipinski definition) is 0. The minimum atomic E-state index is 0. The third-order valence-corrected chi connectivity index (χ3v) is 6.71. The Labute approximate surface area is 187 Å². The largest absolute Gasteiger partial charge is 0.0843 e. The highest BCUT2D eigenvalue weighted by atomic mass is 14.2. The predicted octanol–water partition coefficient (Wildman–Crippen LogP) is 10.6. The molecule has 0 radical (unpaired) electrons. The lowest BCUT2D eigenvalue weighted by Crippen LogP contribution is -2.08. The van der Waals surface area contributed by atoms with E-state index in [-0.39, 0.29) is 14.9 Å². The van der Waals surface area contributed by atoms with Crippen molar-refractivity contribution in [3.05, 3.63) is 23.8 Å². The molecule has 0 nitrogen and oxygen atoms in total. The average Bonchev–Trinajstić information content (AvgIpc) is 2.63. The first-order chi connectivity index (χ1) is 12.9. The zero-order valence-electron chi connectivity index (χ0n) is 19.6. The summed E-state index contributed by atoms with van der Waals surface area (Å²) in [5, 5.41) is 0. The quantitative estimate of drug-likeness (QED) is 0.375. The molecule has 2 aliphatic carbocycles. The molecule has 174 valence electrons. The molecular formula is C29H58. The molecule has 1 fully saturated rings. The second-order valence-corrected chi connectivity index (χ2v) is 10.3. The van der Waals surface area contributed by atoms with Crippen molar-refractivity contribution in [2.45, 2.75) is 133 Å². The van der Waals surface area contributed by atoms with Crippen LogP contribution in [0.3, 0.4) is 0 Å². The summed E-state index contributed by atoms with van der Waals surface area (Å²) in [5.41, 5.74) is 1.44. The van der Waals surface area contributed by atoms with E-state index < -0.39 is 0 Å². The molecule has 0 amide bonds. The summed E-state index contributed by atoms with van der Waals surface area (Å²) in [7, 11) is 0. The normalized spacial score (nSPS) is 35.0. The molecule has 0 heteroatoms. The molecule has 0 aromatic carbocycles. The minimum absolute atomic E-state index is 0. The van der Waals surface area contributed by atoms with E-state index in [0.717, 1.165) is 29.6 Å². The molecule has 29 heavy (non-hydrogen) atoms. The lowest BCUT2D eigenvalue weighted by atomic mass is 9.85. The maximum atomic E-state index is 2.44. The summed E-state index contributed by atoms with van der Waals surface area (Å²) in [4.78, 5) is 0. The van der Waals surface area contributed by atoms with E-state index in [4.69, 9.17) is 0 Å². The van der Waals surface area contributed by atoms with E-state index in [2.05, 4.69) is 59.8 Å². The Kier molecular flexibility index (Phi) is 19.3. The Hall–Kier alpha value is -0.520. The van der Waals surface area contributed by atoms with Crippen LogP contribution in [0.2, 0.25) is 0 Å². The third-order valence-electron chi connectivity index (χ3n) is 6.71. The van der Waals surface area contributed by atoms with E-state index >= 15 is 0 Å². The maximum Gasteiger partial charge on any atom is -0.0256 e. The summed E-state index contributed by atoms with van der Waals surface area (Å²) in [6, 6.07) is 0. The molecule has 0 bridgehead atoms. The fourth-order valence-corrected chi connectivity index (χ4v) is 4.79. The van der Waals surface area contributed by atoms with Crippen molar-refractivity contribution in [2.24, 2.45) is 29.6 Å². The smallest absolute Gasteiger partial charge is 0.0256 e. The van der Waals surface area contributed by atoms with Gasteiger partial charge in [-0.3, -0.25) is 0 Å². The van der Waals surface area contributed by atoms with Crippen molar-refractivity contribution in [3.8, 4) is 0 Å². The first-order valence-corrected chi connectivity index (χ1v) is 12.2. The van der Waals surface area contributed by atoms with Crippen LogP contribution in [0.4, 0.5) is 0 Å². The topological polar surface area (TPSA) is 0 Å². The van der Waals surface area contributed by atoms with E-state index in [9.17, 15) is 0 Å². The molecule has 0 aliphatic heterocycles. The van der Waals surface area contributed by atoms with Crippen molar-refractivity contribution < 1.29 is 0 Å². The highest BCUT2D eigenvalue weighted by Crippen LogP contribution is 2.27. The van der Waals surface area contributed by atoms with Crippen molar-refractivity contribution in [2.75, 3.05) is 0 Å². The Balaban J connectivity index is 0. The van der Waals surface area contributed by atoms with Crippen molar-refractivity contribution in [1.29, 1.82) is 0 Å². The van der Waals surface area contributed by atoms with Crippen LogP contribution in [-0.2, 0) is 0 Å². The van der Waals surface area contributed by atoms with Crippen LogP contribution in [0, 0.1) is 29.6 Å². The standard InChI is InChI=1S/C14H24.C13H26.2CH4/c1-12-7-4-5-8-13(2)11-14(3)10-6-9-12;1-11-6-4-5-7-12(2)10-13(3)9-8-11;;/h5,8,11-12,14H,4,6-7,9-10H2,1-3H3;11-13H,4-10H2,1-3H3;2*1H4/b8-5-,13-11-;;;. The highest BCUT2D eigenvalue weighted by molar-refractivity contribution is 5.16. The van der Waals surface area contributed by atoms with Gasteiger partial charge in [-0.05, 0) is 62.2 Å². The van der Waals surface area contributed by atoms with Crippen molar-refractivity contribution in [3.63, 3.8) is 0 Å². The van der Waals surface area contributed by atoms with E-state index in [1.807, 2.05) is 0 Å². The van der Waals surface area contributed by atoms with Gasteiger partial charge in [-0.15, -0.1) is 0 Å². The lowest BCUT2D eigenvalue weighted by Gasteiger charge is -2.21. The van der Waals surface area contributed by atoms with Gasteiger partial charge in [0.05, 0.1) is 0 Å². The van der Waals surface area contributed by atoms with E-state index in [1.165, 1.54) is 82.6 Å². The van der Waals surface area contributed by atoms with Crippen LogP contribution in [0.25, 0.3) is 0 Å². The van der Waals surface area contributed by atoms with E-state index in [1.54, 1.807) is 0 Å². The Bertz CT molecular complexity index is 416. The summed E-state index contributed by atoms with van der Waals surface area (Å²) in [6.45, 7) is 14.2. The lowest BCUT2D eigenvalue weighted by molar-refractivity contribution is 0.312. The number of rotatable bonds is 0. The monoisotopic (exact) mass is 406 g/mol. The van der Waals surface area contributed by atoms with Crippen LogP contribution in [0.1, 0.15) is 133 Å². The SMILES string of the molecule is C.C.CC1=C/C(C)CCCC(C)CC/C=C\1.CC1CCCCC(C)CC(C)CC1. The Morgan fingerprint density at radius 2 is 1.14 bits per heavy atom. The highest BCUT2D eigenvalue weighted by Gasteiger charge is 2.13. The molecular weight excluding hydrogens is 348 g/mol. The van der Waals surface area contributed by atoms with Crippen LogP contribution in [-0.4, -0.2) is 0 Å². The second kappa shape index (κ2) is 18.3. The molecule has 5 atom stereocenters. The molecule has 5 unspecified atom stereocenters. The van der Waals surface area contributed by atoms with Gasteiger partial charge >= 0.3 is 0 Å². The van der Waals surface area contributed by atoms with Gasteiger partial charge in [-0.2, -0.15) is 0 Å². The zero-order chi connectivity index (χ0) is 20.1. The van der Waals surface area contributed by atoms with Crippen molar-refractivity contribution >= 4 is 0 Å². The Morgan fingerprint density at radius 3 is 1.83 bits per heavy atom. The zero-order valence-corrected chi connectivity index (χ0v) is 19.6. The molecule has 0 aromatic heterocycles. The van der Waals surface area contributed by atoms with Crippen LogP contribution < -0.4 is 0 Å². The van der Waals surface area contributed by atoms with Gasteiger partial charge in [0.1, 0.15) is 0 Å². The first-order valence-electron chi connectivity index (χ1n) is 12.2. The van der Waals surface area contributed by atoms with Crippen LogP contribution in [0.5, 0.6) is 0 Å². The predicted molar refractivity (Wildman–Crippen MR) is 138 cm³/mol. The summed E-state index contributed by atoms with van der Waals surface area (Å²) < 4.78 is 0.